The van der Waals surface area contributed by atoms with Gasteiger partial charge in [0, 0.05) is 0 Å². The molecule has 1 fully saturated rings. The molecular weight excluding hydrogens is 332 g/mol. The summed E-state index contributed by atoms with van der Waals surface area (Å²) < 4.78 is 4.95. The predicted octanol–water partition coefficient (Wildman–Crippen LogP) is 5.06. The monoisotopic (exact) mass is 355 g/mol. The van der Waals surface area contributed by atoms with Crippen LogP contribution in [0.5, 0.6) is 0 Å². The van der Waals surface area contributed by atoms with Gasteiger partial charge in [0.1, 0.15) is 12.4 Å². The van der Waals surface area contributed by atoms with Crippen molar-refractivity contribution in [3.05, 3.63) is 77.1 Å². The Labute approximate surface area is 154 Å². The number of hydrogen-bond acceptors (Lipinski definition) is 1. The first-order valence-corrected chi connectivity index (χ1v) is 9.05. The molecule has 1 heterocycles. The van der Waals surface area contributed by atoms with E-state index in [1.54, 1.807) is 0 Å². The lowest BCUT2D eigenvalue weighted by atomic mass is 9.96. The molecule has 24 heavy (non-hydrogen) atoms. The van der Waals surface area contributed by atoms with E-state index >= 15 is 0 Å². The van der Waals surface area contributed by atoms with Crippen molar-refractivity contribution in [2.75, 3.05) is 6.61 Å². The van der Waals surface area contributed by atoms with Crippen molar-refractivity contribution >= 4 is 27.0 Å². The van der Waals surface area contributed by atoms with Gasteiger partial charge in [-0.3, -0.25) is 0 Å². The Morgan fingerprint density at radius 1 is 1.12 bits per heavy atom. The molecule has 1 aliphatic heterocycles. The van der Waals surface area contributed by atoms with Gasteiger partial charge in [-0.2, -0.15) is 0 Å². The number of ether oxygens (including phenoxy) is 1. The van der Waals surface area contributed by atoms with E-state index in [0.717, 1.165) is 28.7 Å². The normalized spacial score (nSPS) is 16.0. The van der Waals surface area contributed by atoms with Crippen LogP contribution in [0.4, 0.5) is 0 Å². The second kappa shape index (κ2) is 8.04. The van der Waals surface area contributed by atoms with Gasteiger partial charge in [-0.05, 0) is 29.5 Å². The number of alkyl halides is 1. The van der Waals surface area contributed by atoms with E-state index in [1.165, 1.54) is 5.56 Å². The number of benzene rings is 2. The van der Waals surface area contributed by atoms with Gasteiger partial charge in [0.05, 0.1) is 15.6 Å². The molecule has 0 bridgehead atoms. The first-order chi connectivity index (χ1) is 11.3. The fourth-order valence-corrected chi connectivity index (χ4v) is 3.07. The van der Waals surface area contributed by atoms with Gasteiger partial charge in [-0.1, -0.05) is 80.1 Å². The van der Waals surface area contributed by atoms with Crippen LogP contribution in [0.15, 0.2) is 60.4 Å². The van der Waals surface area contributed by atoms with Gasteiger partial charge in [0.2, 0.25) is 0 Å². The predicted molar refractivity (Wildman–Crippen MR) is 104 cm³/mol. The van der Waals surface area contributed by atoms with Crippen LogP contribution >= 0.6 is 11.6 Å². The third-order valence-electron chi connectivity index (χ3n) is 3.47. The molecule has 0 amide bonds. The molecule has 3 radical (unpaired) electrons. The second-order valence-electron chi connectivity index (χ2n) is 7.13. The van der Waals surface area contributed by atoms with E-state index in [9.17, 15) is 0 Å². The summed E-state index contributed by atoms with van der Waals surface area (Å²) in [5, 5.41) is 0.942. The Kier molecular flexibility index (Phi) is 6.31. The summed E-state index contributed by atoms with van der Waals surface area (Å²) >= 11 is 6.48. The van der Waals surface area contributed by atoms with Crippen molar-refractivity contribution in [3.8, 4) is 0 Å². The summed E-state index contributed by atoms with van der Waals surface area (Å²) in [5.41, 5.74) is 3.76. The average molecular weight is 356 g/mol. The van der Waals surface area contributed by atoms with Crippen LogP contribution in [0, 0.1) is 12.3 Å². The first-order valence-electron chi connectivity index (χ1n) is 8.12. The summed E-state index contributed by atoms with van der Waals surface area (Å²) in [6, 6.07) is 16.3. The van der Waals surface area contributed by atoms with Gasteiger partial charge in [0.15, 0.2) is 0 Å². The Morgan fingerprint density at radius 2 is 1.79 bits per heavy atom. The maximum absolute atomic E-state index is 6.48. The zero-order chi connectivity index (χ0) is 17.7. The molecule has 3 rings (SSSR count). The summed E-state index contributed by atoms with van der Waals surface area (Å²) in [6.07, 6.45) is 2.16. The minimum atomic E-state index is -0.103. The van der Waals surface area contributed by atoms with Crippen molar-refractivity contribution in [3.63, 3.8) is 0 Å². The SMILES string of the molecule is CC(C)(C)C=C1CO1.Cc1cccc(C(Cl)c2ccccc2[Si])c1. The molecular formula is C21H24ClOSi. The Hall–Kier alpha value is -1.51. The quantitative estimate of drug-likeness (QED) is 0.416. The number of hydrogen-bond donors (Lipinski definition) is 0. The molecule has 1 atom stereocenters. The van der Waals surface area contributed by atoms with E-state index in [-0.39, 0.29) is 5.38 Å². The number of aryl methyl sites for hydroxylation is 1. The van der Waals surface area contributed by atoms with Gasteiger partial charge in [-0.25, -0.2) is 0 Å². The Bertz CT molecular complexity index is 710. The van der Waals surface area contributed by atoms with Crippen molar-refractivity contribution in [2.45, 2.75) is 33.1 Å². The summed E-state index contributed by atoms with van der Waals surface area (Å²) in [6.45, 7) is 9.44. The fraction of sp³-hybridized carbons (Fsp3) is 0.333. The number of epoxide rings is 1. The van der Waals surface area contributed by atoms with Crippen molar-refractivity contribution in [1.29, 1.82) is 0 Å². The van der Waals surface area contributed by atoms with E-state index < -0.39 is 0 Å². The maximum Gasteiger partial charge on any atom is 0.145 e. The molecule has 125 valence electrons. The molecule has 1 unspecified atom stereocenters. The van der Waals surface area contributed by atoms with Gasteiger partial charge >= 0.3 is 0 Å². The number of halogens is 1. The highest BCUT2D eigenvalue weighted by Crippen LogP contribution is 2.27. The van der Waals surface area contributed by atoms with Gasteiger partial charge in [0.25, 0.3) is 0 Å². The van der Waals surface area contributed by atoms with Crippen molar-refractivity contribution in [1.82, 2.24) is 0 Å². The standard InChI is InChI=1S/C14H12ClSi.C7H12O/c1-10-5-4-6-11(9-10)14(15)12-7-2-3-8-13(12)16;1-7(2,3)4-6-5-8-6/h2-9,14H,1H3;4H,5H2,1-3H3. The van der Waals surface area contributed by atoms with Crippen LogP contribution in [0.1, 0.15) is 42.8 Å². The van der Waals surface area contributed by atoms with Crippen molar-refractivity contribution < 1.29 is 4.74 Å². The highest BCUT2D eigenvalue weighted by atomic mass is 35.5. The van der Waals surface area contributed by atoms with Crippen LogP contribution in [0.25, 0.3) is 0 Å². The molecule has 1 nitrogen and oxygen atoms in total. The molecule has 0 aliphatic carbocycles. The Balaban J connectivity index is 0.000000219. The lowest BCUT2D eigenvalue weighted by Crippen LogP contribution is -2.11. The highest BCUT2D eigenvalue weighted by Gasteiger charge is 2.17. The van der Waals surface area contributed by atoms with E-state index in [4.69, 9.17) is 16.3 Å². The minimum absolute atomic E-state index is 0.103. The largest absolute Gasteiger partial charge is 0.487 e. The highest BCUT2D eigenvalue weighted by molar-refractivity contribution is 6.35. The van der Waals surface area contributed by atoms with E-state index in [0.29, 0.717) is 5.41 Å². The third-order valence-corrected chi connectivity index (χ3v) is 4.42. The lowest BCUT2D eigenvalue weighted by molar-refractivity contribution is 0.488. The van der Waals surface area contributed by atoms with E-state index in [2.05, 4.69) is 62.2 Å². The molecule has 0 N–H and O–H groups in total. The fourth-order valence-electron chi connectivity index (χ4n) is 2.33. The smallest absolute Gasteiger partial charge is 0.145 e. The van der Waals surface area contributed by atoms with E-state index in [1.807, 2.05) is 30.3 Å². The molecule has 1 saturated heterocycles. The number of rotatable bonds is 2. The Morgan fingerprint density at radius 3 is 2.29 bits per heavy atom. The summed E-state index contributed by atoms with van der Waals surface area (Å²) in [7, 11) is 3.58. The molecule has 0 aromatic heterocycles. The second-order valence-corrected chi connectivity index (χ2v) is 8.10. The minimum Gasteiger partial charge on any atom is -0.487 e. The lowest BCUT2D eigenvalue weighted by Gasteiger charge is -2.13. The van der Waals surface area contributed by atoms with Crippen LogP contribution < -0.4 is 5.19 Å². The average Bonchev–Trinajstić information content (AvgIpc) is 3.30. The zero-order valence-electron chi connectivity index (χ0n) is 14.8. The molecule has 1 aliphatic rings. The van der Waals surface area contributed by atoms with Gasteiger partial charge in [-0.15, -0.1) is 11.6 Å². The molecule has 2 aromatic rings. The van der Waals surface area contributed by atoms with Crippen LogP contribution in [-0.2, 0) is 4.74 Å². The first kappa shape index (κ1) is 18.8. The topological polar surface area (TPSA) is 12.5 Å². The summed E-state index contributed by atoms with van der Waals surface area (Å²) in [4.78, 5) is 0. The molecule has 3 heteroatoms. The molecule has 0 saturated carbocycles. The van der Waals surface area contributed by atoms with Crippen LogP contribution in [0.2, 0.25) is 0 Å². The number of allylic oxidation sites excluding steroid dienone is 1. The third kappa shape index (κ3) is 6.18. The molecule has 0 spiro atoms. The molecule has 2 aromatic carbocycles. The van der Waals surface area contributed by atoms with Crippen molar-refractivity contribution in [2.24, 2.45) is 5.41 Å². The maximum atomic E-state index is 6.48. The summed E-state index contributed by atoms with van der Waals surface area (Å²) in [5.74, 6) is 1.15. The van der Waals surface area contributed by atoms with Crippen LogP contribution in [-0.4, -0.2) is 16.8 Å². The van der Waals surface area contributed by atoms with Gasteiger partial charge < -0.3 is 4.74 Å². The van der Waals surface area contributed by atoms with Crippen LogP contribution in [0.3, 0.4) is 0 Å². The zero-order valence-corrected chi connectivity index (χ0v) is 16.5.